The molecular weight excluding hydrogens is 178 g/mol. The van der Waals surface area contributed by atoms with E-state index in [1.807, 2.05) is 4.90 Å². The number of nitrogens with zero attached hydrogens (tertiary/aromatic N) is 1. The van der Waals surface area contributed by atoms with E-state index in [0.717, 1.165) is 19.4 Å². The van der Waals surface area contributed by atoms with E-state index in [2.05, 4.69) is 6.92 Å². The van der Waals surface area contributed by atoms with Gasteiger partial charge in [-0.25, -0.2) is 4.79 Å². The topological polar surface area (TPSA) is 29.5 Å². The molecule has 14 heavy (non-hydrogen) atoms. The van der Waals surface area contributed by atoms with Gasteiger partial charge in [0.15, 0.2) is 0 Å². The molecule has 80 valence electrons. The summed E-state index contributed by atoms with van der Waals surface area (Å²) in [5, 5.41) is 0. The Hall–Kier alpha value is -0.730. The summed E-state index contributed by atoms with van der Waals surface area (Å²) >= 11 is 0. The van der Waals surface area contributed by atoms with Crippen molar-refractivity contribution in [2.75, 3.05) is 13.7 Å². The normalized spacial score (nSPS) is 36.7. The van der Waals surface area contributed by atoms with Crippen LogP contribution in [-0.2, 0) is 4.74 Å². The summed E-state index contributed by atoms with van der Waals surface area (Å²) in [6, 6.07) is 0.434. The van der Waals surface area contributed by atoms with Gasteiger partial charge in [-0.2, -0.15) is 0 Å². The van der Waals surface area contributed by atoms with E-state index in [4.69, 9.17) is 4.74 Å². The molecule has 3 nitrogen and oxygen atoms in total. The summed E-state index contributed by atoms with van der Waals surface area (Å²) in [5.74, 6) is 0. The molecule has 0 bridgehead atoms. The second-order valence-corrected chi connectivity index (χ2v) is 4.83. The minimum absolute atomic E-state index is 0.138. The van der Waals surface area contributed by atoms with Crippen molar-refractivity contribution in [3.63, 3.8) is 0 Å². The Labute approximate surface area is 85.4 Å². The third kappa shape index (κ3) is 1.39. The van der Waals surface area contributed by atoms with Crippen LogP contribution in [0.1, 0.15) is 39.0 Å². The number of ether oxygens (including phenoxy) is 1. The van der Waals surface area contributed by atoms with Crippen LogP contribution >= 0.6 is 0 Å². The highest BCUT2D eigenvalue weighted by atomic mass is 16.5. The van der Waals surface area contributed by atoms with E-state index in [-0.39, 0.29) is 6.09 Å². The lowest BCUT2D eigenvalue weighted by Crippen LogP contribution is -2.43. The average molecular weight is 197 g/mol. The smallest absolute Gasteiger partial charge is 0.409 e. The minimum atomic E-state index is -0.138. The van der Waals surface area contributed by atoms with Crippen molar-refractivity contribution in [3.8, 4) is 0 Å². The number of methoxy groups -OCH3 is 1. The molecule has 0 spiro atoms. The lowest BCUT2D eigenvalue weighted by atomic mass is 9.72. The Kier molecular flexibility index (Phi) is 2.41. The molecule has 3 heteroatoms. The van der Waals surface area contributed by atoms with E-state index >= 15 is 0 Å². The van der Waals surface area contributed by atoms with Crippen molar-refractivity contribution >= 4 is 6.09 Å². The maximum atomic E-state index is 11.5. The molecule has 1 saturated carbocycles. The fourth-order valence-corrected chi connectivity index (χ4v) is 3.07. The van der Waals surface area contributed by atoms with Crippen molar-refractivity contribution in [1.29, 1.82) is 0 Å². The first-order chi connectivity index (χ1) is 6.67. The molecule has 0 unspecified atom stereocenters. The second-order valence-electron chi connectivity index (χ2n) is 4.83. The molecule has 2 rings (SSSR count). The number of rotatable bonds is 0. The van der Waals surface area contributed by atoms with Crippen LogP contribution < -0.4 is 0 Å². The highest BCUT2D eigenvalue weighted by molar-refractivity contribution is 5.68. The van der Waals surface area contributed by atoms with Gasteiger partial charge in [0.05, 0.1) is 7.11 Å². The molecule has 1 aliphatic heterocycles. The average Bonchev–Trinajstić information content (AvgIpc) is 2.54. The van der Waals surface area contributed by atoms with Crippen LogP contribution in [0.15, 0.2) is 0 Å². The van der Waals surface area contributed by atoms with Crippen LogP contribution in [0.2, 0.25) is 0 Å². The predicted octanol–water partition coefficient (Wildman–Crippen LogP) is 2.41. The quantitative estimate of drug-likeness (QED) is 0.597. The van der Waals surface area contributed by atoms with Gasteiger partial charge in [-0.1, -0.05) is 19.8 Å². The molecule has 0 radical (unpaired) electrons. The third-order valence-electron chi connectivity index (χ3n) is 3.99. The van der Waals surface area contributed by atoms with Gasteiger partial charge < -0.3 is 9.64 Å². The zero-order chi connectivity index (χ0) is 10.2. The van der Waals surface area contributed by atoms with Gasteiger partial charge >= 0.3 is 6.09 Å². The molecule has 2 aliphatic rings. The molecule has 2 fully saturated rings. The van der Waals surface area contributed by atoms with Gasteiger partial charge in [-0.05, 0) is 24.7 Å². The Bertz CT molecular complexity index is 241. The number of amides is 1. The molecule has 1 amide bonds. The van der Waals surface area contributed by atoms with E-state index in [9.17, 15) is 4.79 Å². The van der Waals surface area contributed by atoms with Crippen LogP contribution in [0.25, 0.3) is 0 Å². The monoisotopic (exact) mass is 197 g/mol. The first kappa shape index (κ1) is 9.81. The van der Waals surface area contributed by atoms with Gasteiger partial charge in [0.1, 0.15) is 0 Å². The fraction of sp³-hybridized carbons (Fsp3) is 0.909. The van der Waals surface area contributed by atoms with E-state index in [0.29, 0.717) is 11.5 Å². The van der Waals surface area contributed by atoms with Gasteiger partial charge in [0.2, 0.25) is 0 Å². The summed E-state index contributed by atoms with van der Waals surface area (Å²) < 4.78 is 4.82. The number of hydrogen-bond acceptors (Lipinski definition) is 2. The highest BCUT2D eigenvalue weighted by Gasteiger charge is 2.47. The van der Waals surface area contributed by atoms with Crippen LogP contribution in [0.4, 0.5) is 4.79 Å². The molecule has 0 N–H and O–H groups in total. The van der Waals surface area contributed by atoms with Gasteiger partial charge in [-0.3, -0.25) is 0 Å². The van der Waals surface area contributed by atoms with Crippen LogP contribution in [-0.4, -0.2) is 30.7 Å². The molecule has 2 atom stereocenters. The highest BCUT2D eigenvalue weighted by Crippen LogP contribution is 2.46. The Morgan fingerprint density at radius 3 is 2.93 bits per heavy atom. The van der Waals surface area contributed by atoms with Crippen LogP contribution in [0, 0.1) is 5.41 Å². The molecule has 0 aromatic carbocycles. The second kappa shape index (κ2) is 3.44. The van der Waals surface area contributed by atoms with E-state index in [1.165, 1.54) is 26.4 Å². The summed E-state index contributed by atoms with van der Waals surface area (Å²) in [7, 11) is 1.47. The summed E-state index contributed by atoms with van der Waals surface area (Å²) in [5.41, 5.74) is 0.367. The standard InChI is InChI=1S/C11H19NO2/c1-11-6-4-3-5-9(11)12(8-7-11)10(13)14-2/h9H,3-8H2,1-2H3/t9-,11-/m1/s1. The summed E-state index contributed by atoms with van der Waals surface area (Å²) in [6.07, 6.45) is 6.01. The van der Waals surface area contributed by atoms with Crippen molar-refractivity contribution < 1.29 is 9.53 Å². The number of carbonyl (C=O) groups excluding carboxylic acids is 1. The van der Waals surface area contributed by atoms with Crippen molar-refractivity contribution in [1.82, 2.24) is 4.90 Å². The fourth-order valence-electron chi connectivity index (χ4n) is 3.07. The lowest BCUT2D eigenvalue weighted by Gasteiger charge is -2.38. The Morgan fingerprint density at radius 1 is 1.43 bits per heavy atom. The molecule has 1 aliphatic carbocycles. The van der Waals surface area contributed by atoms with Crippen LogP contribution in [0.5, 0.6) is 0 Å². The van der Waals surface area contributed by atoms with Crippen LogP contribution in [0.3, 0.4) is 0 Å². The Morgan fingerprint density at radius 2 is 2.21 bits per heavy atom. The maximum absolute atomic E-state index is 11.5. The SMILES string of the molecule is COC(=O)N1CC[C@@]2(C)CCCC[C@@H]12. The zero-order valence-corrected chi connectivity index (χ0v) is 9.08. The van der Waals surface area contributed by atoms with Gasteiger partial charge in [0, 0.05) is 12.6 Å². The summed E-state index contributed by atoms with van der Waals surface area (Å²) in [4.78, 5) is 13.4. The zero-order valence-electron chi connectivity index (χ0n) is 9.08. The van der Waals surface area contributed by atoms with Crippen molar-refractivity contribution in [2.45, 2.75) is 45.1 Å². The summed E-state index contributed by atoms with van der Waals surface area (Å²) in [6.45, 7) is 3.20. The van der Waals surface area contributed by atoms with Gasteiger partial charge in [0.25, 0.3) is 0 Å². The predicted molar refractivity (Wildman–Crippen MR) is 54.1 cm³/mol. The molecule has 1 heterocycles. The lowest BCUT2D eigenvalue weighted by molar-refractivity contribution is 0.0843. The maximum Gasteiger partial charge on any atom is 0.409 e. The molecule has 0 aromatic rings. The number of fused-ring (bicyclic) bond motifs is 1. The molecule has 1 saturated heterocycles. The van der Waals surface area contributed by atoms with E-state index < -0.39 is 0 Å². The van der Waals surface area contributed by atoms with E-state index in [1.54, 1.807) is 0 Å². The largest absolute Gasteiger partial charge is 0.453 e. The third-order valence-corrected chi connectivity index (χ3v) is 3.99. The Balaban J connectivity index is 2.13. The van der Waals surface area contributed by atoms with Gasteiger partial charge in [-0.15, -0.1) is 0 Å². The first-order valence-corrected chi connectivity index (χ1v) is 5.52. The number of carbonyl (C=O) groups is 1. The number of hydrogen-bond donors (Lipinski definition) is 0. The first-order valence-electron chi connectivity index (χ1n) is 5.52. The minimum Gasteiger partial charge on any atom is -0.453 e. The van der Waals surface area contributed by atoms with Crippen molar-refractivity contribution in [2.24, 2.45) is 5.41 Å². The molecular formula is C11H19NO2. The molecule has 0 aromatic heterocycles. The number of likely N-dealkylation sites (tertiary alicyclic amines) is 1. The van der Waals surface area contributed by atoms with Crippen molar-refractivity contribution in [3.05, 3.63) is 0 Å².